The zero-order chi connectivity index (χ0) is 13.1. The number of nitrogens with zero attached hydrogens (tertiary/aromatic N) is 2. The van der Waals surface area contributed by atoms with E-state index in [1.165, 1.54) is 38.3 Å². The molecule has 0 bridgehead atoms. The molecule has 0 aromatic carbocycles. The number of carboxylic acid groups (broad SMARTS) is 1. The van der Waals surface area contributed by atoms with Crippen LogP contribution < -0.4 is 0 Å². The fourth-order valence-electron chi connectivity index (χ4n) is 3.08. The number of aromatic nitrogens is 2. The van der Waals surface area contributed by atoms with Crippen molar-refractivity contribution in [2.24, 2.45) is 5.92 Å². The molecule has 4 heteroatoms. The van der Waals surface area contributed by atoms with Gasteiger partial charge in [-0.05, 0) is 26.2 Å². The molecule has 1 atom stereocenters. The second-order valence-electron chi connectivity index (χ2n) is 5.48. The maximum absolute atomic E-state index is 11.0. The van der Waals surface area contributed by atoms with Crippen LogP contribution in [0.15, 0.2) is 6.20 Å². The lowest BCUT2D eigenvalue weighted by atomic mass is 9.85. The molecule has 0 spiro atoms. The topological polar surface area (TPSA) is 55.1 Å². The van der Waals surface area contributed by atoms with Crippen molar-refractivity contribution in [3.63, 3.8) is 0 Å². The SMILES string of the molecule is Cc1c(C(=O)O)cnn1C(C)CC1CCCCC1. The van der Waals surface area contributed by atoms with Gasteiger partial charge < -0.3 is 5.11 Å². The Balaban J connectivity index is 2.04. The molecule has 1 saturated carbocycles. The second-order valence-corrected chi connectivity index (χ2v) is 5.48. The van der Waals surface area contributed by atoms with E-state index in [1.807, 2.05) is 11.6 Å². The van der Waals surface area contributed by atoms with Gasteiger partial charge in [-0.1, -0.05) is 32.1 Å². The van der Waals surface area contributed by atoms with Gasteiger partial charge in [-0.25, -0.2) is 4.79 Å². The van der Waals surface area contributed by atoms with Crippen molar-refractivity contribution in [1.82, 2.24) is 9.78 Å². The van der Waals surface area contributed by atoms with Crippen molar-refractivity contribution < 1.29 is 9.90 Å². The van der Waals surface area contributed by atoms with Crippen molar-refractivity contribution in [2.75, 3.05) is 0 Å². The van der Waals surface area contributed by atoms with Gasteiger partial charge >= 0.3 is 5.97 Å². The van der Waals surface area contributed by atoms with E-state index in [4.69, 9.17) is 5.11 Å². The second kappa shape index (κ2) is 5.55. The van der Waals surface area contributed by atoms with E-state index in [2.05, 4.69) is 12.0 Å². The number of hydrogen-bond donors (Lipinski definition) is 1. The maximum Gasteiger partial charge on any atom is 0.339 e. The first-order valence-corrected chi connectivity index (χ1v) is 6.87. The Morgan fingerprint density at radius 1 is 1.50 bits per heavy atom. The van der Waals surface area contributed by atoms with Crippen LogP contribution in [0.1, 0.15) is 67.5 Å². The van der Waals surface area contributed by atoms with Crippen molar-refractivity contribution >= 4 is 5.97 Å². The predicted molar refractivity (Wildman–Crippen MR) is 69.8 cm³/mol. The molecule has 1 heterocycles. The minimum absolute atomic E-state index is 0.293. The molecule has 1 aromatic heterocycles. The minimum Gasteiger partial charge on any atom is -0.478 e. The molecule has 0 aliphatic heterocycles. The minimum atomic E-state index is -0.886. The van der Waals surface area contributed by atoms with Crippen LogP contribution >= 0.6 is 0 Å². The average molecular weight is 250 g/mol. The van der Waals surface area contributed by atoms with Gasteiger partial charge in [-0.2, -0.15) is 5.10 Å². The predicted octanol–water partition coefficient (Wildman–Crippen LogP) is 3.42. The zero-order valence-electron chi connectivity index (χ0n) is 11.2. The smallest absolute Gasteiger partial charge is 0.339 e. The van der Waals surface area contributed by atoms with Crippen molar-refractivity contribution in [2.45, 2.75) is 58.4 Å². The number of carbonyl (C=O) groups is 1. The highest BCUT2D eigenvalue weighted by atomic mass is 16.4. The summed E-state index contributed by atoms with van der Waals surface area (Å²) in [7, 11) is 0. The summed E-state index contributed by atoms with van der Waals surface area (Å²) in [6.45, 7) is 3.98. The molecule has 1 unspecified atom stereocenters. The summed E-state index contributed by atoms with van der Waals surface area (Å²) in [5.74, 6) is -0.103. The Morgan fingerprint density at radius 3 is 2.72 bits per heavy atom. The van der Waals surface area contributed by atoms with Crippen LogP contribution in [-0.2, 0) is 0 Å². The summed E-state index contributed by atoms with van der Waals surface area (Å²) in [5.41, 5.74) is 1.09. The first-order chi connectivity index (χ1) is 8.59. The Morgan fingerprint density at radius 2 is 2.17 bits per heavy atom. The lowest BCUT2D eigenvalue weighted by Crippen LogP contribution is -2.16. The maximum atomic E-state index is 11.0. The molecular weight excluding hydrogens is 228 g/mol. The number of rotatable bonds is 4. The summed E-state index contributed by atoms with van der Waals surface area (Å²) in [6, 6.07) is 0.293. The van der Waals surface area contributed by atoms with Crippen molar-refractivity contribution in [3.8, 4) is 0 Å². The molecule has 0 saturated heterocycles. The zero-order valence-corrected chi connectivity index (χ0v) is 11.2. The third-order valence-corrected chi connectivity index (χ3v) is 4.09. The van der Waals surface area contributed by atoms with E-state index in [9.17, 15) is 4.79 Å². The van der Waals surface area contributed by atoms with Crippen LogP contribution in [0.2, 0.25) is 0 Å². The molecule has 100 valence electrons. The number of hydrogen-bond acceptors (Lipinski definition) is 2. The molecular formula is C14H22N2O2. The third kappa shape index (κ3) is 2.74. The highest BCUT2D eigenvalue weighted by Crippen LogP contribution is 2.31. The van der Waals surface area contributed by atoms with E-state index in [0.29, 0.717) is 11.6 Å². The molecule has 2 rings (SSSR count). The van der Waals surface area contributed by atoms with Crippen LogP contribution in [0.5, 0.6) is 0 Å². The molecule has 0 amide bonds. The number of carboxylic acids is 1. The van der Waals surface area contributed by atoms with Crippen LogP contribution in [0.3, 0.4) is 0 Å². The van der Waals surface area contributed by atoms with Crippen LogP contribution in [-0.4, -0.2) is 20.9 Å². The Bertz CT molecular complexity index is 419. The van der Waals surface area contributed by atoms with Crippen LogP contribution in [0, 0.1) is 12.8 Å². The molecule has 1 aromatic rings. The highest BCUT2D eigenvalue weighted by Gasteiger charge is 2.20. The summed E-state index contributed by atoms with van der Waals surface area (Å²) < 4.78 is 1.87. The molecule has 0 radical (unpaired) electrons. The molecule has 1 N–H and O–H groups in total. The Hall–Kier alpha value is -1.32. The molecule has 1 aliphatic carbocycles. The Labute approximate surface area is 108 Å². The van der Waals surface area contributed by atoms with Crippen LogP contribution in [0.4, 0.5) is 0 Å². The van der Waals surface area contributed by atoms with Gasteiger partial charge in [0.25, 0.3) is 0 Å². The lowest BCUT2D eigenvalue weighted by molar-refractivity contribution is 0.0696. The van der Waals surface area contributed by atoms with Crippen molar-refractivity contribution in [1.29, 1.82) is 0 Å². The Kier molecular flexibility index (Phi) is 4.04. The monoisotopic (exact) mass is 250 g/mol. The molecule has 4 nitrogen and oxygen atoms in total. The summed E-state index contributed by atoms with van der Waals surface area (Å²) in [5, 5.41) is 13.3. The number of aromatic carboxylic acids is 1. The normalized spacial score (nSPS) is 18.8. The van der Waals surface area contributed by atoms with Crippen LogP contribution in [0.25, 0.3) is 0 Å². The van der Waals surface area contributed by atoms with Gasteiger partial charge in [0.2, 0.25) is 0 Å². The molecule has 1 fully saturated rings. The van der Waals surface area contributed by atoms with E-state index < -0.39 is 5.97 Å². The largest absolute Gasteiger partial charge is 0.478 e. The van der Waals surface area contributed by atoms with Gasteiger partial charge in [0, 0.05) is 6.04 Å². The van der Waals surface area contributed by atoms with Gasteiger partial charge in [0.05, 0.1) is 11.9 Å². The van der Waals surface area contributed by atoms with Gasteiger partial charge in [-0.15, -0.1) is 0 Å². The standard InChI is InChI=1S/C14H22N2O2/c1-10(8-12-6-4-3-5-7-12)16-11(2)13(9-15-16)14(17)18/h9-10,12H,3-8H2,1-2H3,(H,17,18). The quantitative estimate of drug-likeness (QED) is 0.890. The highest BCUT2D eigenvalue weighted by molar-refractivity contribution is 5.88. The third-order valence-electron chi connectivity index (χ3n) is 4.09. The summed E-state index contributed by atoms with van der Waals surface area (Å²) in [4.78, 5) is 11.0. The summed E-state index contributed by atoms with van der Waals surface area (Å²) >= 11 is 0. The first kappa shape index (κ1) is 13.1. The van der Waals surface area contributed by atoms with E-state index >= 15 is 0 Å². The van der Waals surface area contributed by atoms with Crippen molar-refractivity contribution in [3.05, 3.63) is 17.5 Å². The lowest BCUT2D eigenvalue weighted by Gasteiger charge is -2.25. The van der Waals surface area contributed by atoms with Gasteiger partial charge in [0.15, 0.2) is 0 Å². The fraction of sp³-hybridized carbons (Fsp3) is 0.714. The van der Waals surface area contributed by atoms with E-state index in [-0.39, 0.29) is 0 Å². The average Bonchev–Trinajstić information content (AvgIpc) is 2.72. The van der Waals surface area contributed by atoms with E-state index in [1.54, 1.807) is 0 Å². The molecule has 1 aliphatic rings. The summed E-state index contributed by atoms with van der Waals surface area (Å²) in [6.07, 6.45) is 9.27. The fourth-order valence-corrected chi connectivity index (χ4v) is 3.08. The van der Waals surface area contributed by atoms with E-state index in [0.717, 1.165) is 18.0 Å². The van der Waals surface area contributed by atoms with Gasteiger partial charge in [0.1, 0.15) is 5.56 Å². The molecule has 18 heavy (non-hydrogen) atoms. The van der Waals surface area contributed by atoms with Gasteiger partial charge in [-0.3, -0.25) is 4.68 Å². The first-order valence-electron chi connectivity index (χ1n) is 6.87.